The highest BCUT2D eigenvalue weighted by atomic mass is 16.5. The van der Waals surface area contributed by atoms with E-state index in [0.717, 1.165) is 5.56 Å². The van der Waals surface area contributed by atoms with Crippen LogP contribution in [0.15, 0.2) is 59.6 Å². The Balaban J connectivity index is 1.34. The van der Waals surface area contributed by atoms with Crippen LogP contribution in [0.1, 0.15) is 18.4 Å². The fourth-order valence-electron chi connectivity index (χ4n) is 3.78. The number of benzene rings is 2. The number of rotatable bonds is 5. The average molecular weight is 392 g/mol. The zero-order chi connectivity index (χ0) is 20.3. The van der Waals surface area contributed by atoms with Crippen molar-refractivity contribution < 1.29 is 14.3 Å². The molecule has 0 aliphatic carbocycles. The van der Waals surface area contributed by atoms with Gasteiger partial charge in [-0.3, -0.25) is 19.5 Å². The van der Waals surface area contributed by atoms with Gasteiger partial charge in [0.05, 0.1) is 13.7 Å². The zero-order valence-corrected chi connectivity index (χ0v) is 16.4. The lowest BCUT2D eigenvalue weighted by Gasteiger charge is -2.36. The Morgan fingerprint density at radius 2 is 1.93 bits per heavy atom. The number of likely N-dealkylation sites (tertiary alicyclic amines) is 1. The van der Waals surface area contributed by atoms with E-state index in [2.05, 4.69) is 15.5 Å². The summed E-state index contributed by atoms with van der Waals surface area (Å²) in [5, 5.41) is 5.96. The molecule has 0 bridgehead atoms. The molecule has 7 heteroatoms. The molecule has 0 atom stereocenters. The molecule has 2 aliphatic heterocycles. The molecule has 1 spiro atoms. The molecule has 1 saturated heterocycles. The summed E-state index contributed by atoms with van der Waals surface area (Å²) in [5.41, 5.74) is 1.49. The van der Waals surface area contributed by atoms with Crippen molar-refractivity contribution in [3.8, 4) is 5.75 Å². The minimum Gasteiger partial charge on any atom is -0.497 e. The smallest absolute Gasteiger partial charge is 0.272 e. The Labute approximate surface area is 169 Å². The highest BCUT2D eigenvalue weighted by Gasteiger charge is 2.42. The molecule has 4 rings (SSSR count). The van der Waals surface area contributed by atoms with Crippen molar-refractivity contribution in [2.45, 2.75) is 18.5 Å². The van der Waals surface area contributed by atoms with Crippen LogP contribution in [0.4, 0.5) is 5.69 Å². The number of aliphatic imine (C=N–C) groups is 1. The third-order valence-corrected chi connectivity index (χ3v) is 5.34. The molecule has 0 radical (unpaired) electrons. The van der Waals surface area contributed by atoms with Crippen molar-refractivity contribution >= 4 is 23.2 Å². The molecule has 29 heavy (non-hydrogen) atoms. The number of carbonyl (C=O) groups is 2. The number of hydrogen-bond acceptors (Lipinski definition) is 5. The van der Waals surface area contributed by atoms with Gasteiger partial charge in [0.1, 0.15) is 17.1 Å². The summed E-state index contributed by atoms with van der Waals surface area (Å²) >= 11 is 0. The molecule has 2 N–H and O–H groups in total. The molecule has 1 fully saturated rings. The SMILES string of the molecule is COc1cccc(NC(=O)CN2CCC3(CC2)N=C(c2ccccc2)C(=O)N3)c1. The number of nitrogens with one attached hydrogen (secondary N) is 2. The molecular formula is C22H24N4O3. The largest absolute Gasteiger partial charge is 0.497 e. The molecule has 0 aromatic heterocycles. The molecule has 0 saturated carbocycles. The number of amides is 2. The summed E-state index contributed by atoms with van der Waals surface area (Å²) in [6.07, 6.45) is 1.36. The van der Waals surface area contributed by atoms with E-state index in [1.165, 1.54) is 0 Å². The Kier molecular flexibility index (Phi) is 5.31. The number of ether oxygens (including phenoxy) is 1. The van der Waals surface area contributed by atoms with E-state index in [1.54, 1.807) is 13.2 Å². The third-order valence-electron chi connectivity index (χ3n) is 5.34. The monoisotopic (exact) mass is 392 g/mol. The van der Waals surface area contributed by atoms with Crippen LogP contribution in [-0.2, 0) is 9.59 Å². The van der Waals surface area contributed by atoms with Gasteiger partial charge in [-0.25, -0.2) is 0 Å². The van der Waals surface area contributed by atoms with Crippen LogP contribution in [-0.4, -0.2) is 54.8 Å². The normalized spacial score (nSPS) is 18.2. The molecule has 0 unspecified atom stereocenters. The van der Waals surface area contributed by atoms with Gasteiger partial charge >= 0.3 is 0 Å². The number of piperidine rings is 1. The Morgan fingerprint density at radius 3 is 2.66 bits per heavy atom. The molecule has 7 nitrogen and oxygen atoms in total. The second-order valence-electron chi connectivity index (χ2n) is 7.37. The number of nitrogens with zero attached hydrogens (tertiary/aromatic N) is 2. The van der Waals surface area contributed by atoms with Crippen LogP contribution in [0, 0.1) is 0 Å². The fourth-order valence-corrected chi connectivity index (χ4v) is 3.78. The maximum atomic E-state index is 12.4. The summed E-state index contributed by atoms with van der Waals surface area (Å²) in [6.45, 7) is 1.69. The first-order valence-electron chi connectivity index (χ1n) is 9.71. The first-order chi connectivity index (χ1) is 14.1. The molecule has 150 valence electrons. The first kappa shape index (κ1) is 19.1. The number of methoxy groups -OCH3 is 1. The van der Waals surface area contributed by atoms with E-state index < -0.39 is 5.66 Å². The third kappa shape index (κ3) is 4.30. The van der Waals surface area contributed by atoms with Crippen LogP contribution in [0.2, 0.25) is 0 Å². The van der Waals surface area contributed by atoms with Crippen LogP contribution >= 0.6 is 0 Å². The maximum Gasteiger partial charge on any atom is 0.272 e. The minimum absolute atomic E-state index is 0.0712. The van der Waals surface area contributed by atoms with Gasteiger partial charge in [-0.15, -0.1) is 0 Å². The Hall–Kier alpha value is -3.19. The molecular weight excluding hydrogens is 368 g/mol. The Bertz CT molecular complexity index is 934. The van der Waals surface area contributed by atoms with Gasteiger partial charge in [0.15, 0.2) is 0 Å². The van der Waals surface area contributed by atoms with Crippen molar-refractivity contribution in [1.82, 2.24) is 10.2 Å². The molecule has 2 heterocycles. The summed E-state index contributed by atoms with van der Waals surface area (Å²) in [7, 11) is 1.60. The Morgan fingerprint density at radius 1 is 1.17 bits per heavy atom. The summed E-state index contributed by atoms with van der Waals surface area (Å²) in [5.74, 6) is 0.505. The topological polar surface area (TPSA) is 83.0 Å². The van der Waals surface area contributed by atoms with Crippen LogP contribution < -0.4 is 15.4 Å². The van der Waals surface area contributed by atoms with Crippen molar-refractivity contribution in [1.29, 1.82) is 0 Å². The molecule has 2 aromatic carbocycles. The van der Waals surface area contributed by atoms with E-state index in [1.807, 2.05) is 48.5 Å². The highest BCUT2D eigenvalue weighted by Crippen LogP contribution is 2.28. The second kappa shape index (κ2) is 8.05. The van der Waals surface area contributed by atoms with Crippen LogP contribution in [0.3, 0.4) is 0 Å². The van der Waals surface area contributed by atoms with Gasteiger partial charge in [-0.1, -0.05) is 36.4 Å². The zero-order valence-electron chi connectivity index (χ0n) is 16.4. The van der Waals surface area contributed by atoms with E-state index in [0.29, 0.717) is 49.6 Å². The van der Waals surface area contributed by atoms with Crippen molar-refractivity contribution in [2.75, 3.05) is 32.1 Å². The van der Waals surface area contributed by atoms with E-state index in [4.69, 9.17) is 9.73 Å². The van der Waals surface area contributed by atoms with Gasteiger partial charge in [0, 0.05) is 43.2 Å². The number of anilines is 1. The predicted octanol–water partition coefficient (Wildman–Crippen LogP) is 2.04. The number of hydrogen-bond donors (Lipinski definition) is 2. The van der Waals surface area contributed by atoms with Gasteiger partial charge in [-0.2, -0.15) is 0 Å². The highest BCUT2D eigenvalue weighted by molar-refractivity contribution is 6.46. The van der Waals surface area contributed by atoms with Crippen molar-refractivity contribution in [3.63, 3.8) is 0 Å². The first-order valence-corrected chi connectivity index (χ1v) is 9.71. The second-order valence-corrected chi connectivity index (χ2v) is 7.37. The lowest BCUT2D eigenvalue weighted by molar-refractivity contribution is -0.119. The van der Waals surface area contributed by atoms with Gasteiger partial charge in [-0.05, 0) is 12.1 Å². The molecule has 2 aromatic rings. The summed E-state index contributed by atoms with van der Waals surface area (Å²) in [6, 6.07) is 16.8. The van der Waals surface area contributed by atoms with Crippen molar-refractivity contribution in [2.24, 2.45) is 4.99 Å². The fraction of sp³-hybridized carbons (Fsp3) is 0.318. The molecule has 2 amide bonds. The lowest BCUT2D eigenvalue weighted by Crippen LogP contribution is -2.52. The predicted molar refractivity (Wildman–Crippen MR) is 111 cm³/mol. The number of carbonyl (C=O) groups excluding carboxylic acids is 2. The van der Waals surface area contributed by atoms with Gasteiger partial charge in [0.2, 0.25) is 5.91 Å². The average Bonchev–Trinajstić information content (AvgIpc) is 3.06. The summed E-state index contributed by atoms with van der Waals surface area (Å²) in [4.78, 5) is 31.7. The standard InChI is InChI=1S/C22H24N4O3/c1-29-18-9-5-8-17(14-18)23-19(27)15-26-12-10-22(11-13-26)24-20(21(28)25-22)16-6-3-2-4-7-16/h2-9,14H,10-13,15H2,1H3,(H,23,27)(H,25,28). The van der Waals surface area contributed by atoms with Crippen molar-refractivity contribution in [3.05, 3.63) is 60.2 Å². The van der Waals surface area contributed by atoms with E-state index in [-0.39, 0.29) is 11.8 Å². The summed E-state index contributed by atoms with van der Waals surface area (Å²) < 4.78 is 5.18. The maximum absolute atomic E-state index is 12.4. The minimum atomic E-state index is -0.554. The van der Waals surface area contributed by atoms with Crippen LogP contribution in [0.25, 0.3) is 0 Å². The van der Waals surface area contributed by atoms with E-state index >= 15 is 0 Å². The quantitative estimate of drug-likeness (QED) is 0.816. The van der Waals surface area contributed by atoms with E-state index in [9.17, 15) is 9.59 Å². The van der Waals surface area contributed by atoms with Gasteiger partial charge in [0.25, 0.3) is 5.91 Å². The molecule has 2 aliphatic rings. The van der Waals surface area contributed by atoms with Crippen LogP contribution in [0.5, 0.6) is 5.75 Å². The van der Waals surface area contributed by atoms with Gasteiger partial charge < -0.3 is 15.4 Å². The lowest BCUT2D eigenvalue weighted by atomic mass is 9.98.